The smallest absolute Gasteiger partial charge is 0.339 e. The molecule has 2 saturated carbocycles. The summed E-state index contributed by atoms with van der Waals surface area (Å²) in [4.78, 5) is 40.3. The van der Waals surface area contributed by atoms with E-state index in [0.29, 0.717) is 46.3 Å². The van der Waals surface area contributed by atoms with E-state index in [9.17, 15) is 19.5 Å². The fraction of sp³-hybridized carbons (Fsp3) is 0.500. The minimum absolute atomic E-state index is 0.0871. The first kappa shape index (κ1) is 38.2. The van der Waals surface area contributed by atoms with Gasteiger partial charge in [0.15, 0.2) is 0 Å². The normalized spacial score (nSPS) is 24.6. The number of rotatable bonds is 7. The van der Waals surface area contributed by atoms with Gasteiger partial charge in [-0.15, -0.1) is 0 Å². The summed E-state index contributed by atoms with van der Waals surface area (Å²) in [7, 11) is 0. The van der Waals surface area contributed by atoms with Crippen LogP contribution in [-0.4, -0.2) is 35.2 Å². The van der Waals surface area contributed by atoms with Crippen molar-refractivity contribution in [1.29, 1.82) is 0 Å². The highest BCUT2D eigenvalue weighted by Gasteiger charge is 2.39. The van der Waals surface area contributed by atoms with E-state index in [1.54, 1.807) is 30.3 Å². The highest BCUT2D eigenvalue weighted by Crippen LogP contribution is 2.50. The van der Waals surface area contributed by atoms with E-state index in [4.69, 9.17) is 14.2 Å². The molecule has 0 radical (unpaired) electrons. The van der Waals surface area contributed by atoms with Gasteiger partial charge in [0, 0.05) is 22.1 Å². The van der Waals surface area contributed by atoms with Crippen molar-refractivity contribution in [3.8, 4) is 23.3 Å². The molecule has 0 saturated heterocycles. The van der Waals surface area contributed by atoms with Crippen LogP contribution >= 0.6 is 0 Å². The largest absolute Gasteiger partial charge is 0.478 e. The number of hydrogen-bond donors (Lipinski definition) is 1. The van der Waals surface area contributed by atoms with Gasteiger partial charge in [0.25, 0.3) is 0 Å². The molecule has 3 aliphatic rings. The van der Waals surface area contributed by atoms with Crippen molar-refractivity contribution >= 4 is 17.9 Å². The molecule has 3 aromatic carbocycles. The Morgan fingerprint density at radius 3 is 1.83 bits per heavy atom. The number of ether oxygens (including phenoxy) is 3. The highest BCUT2D eigenvalue weighted by molar-refractivity contribution is 6.03. The maximum absolute atomic E-state index is 14.2. The Morgan fingerprint density at radius 2 is 1.26 bits per heavy atom. The number of benzene rings is 3. The third-order valence-corrected chi connectivity index (χ3v) is 12.1. The molecule has 0 spiro atoms. The monoisotopic (exact) mass is 718 g/mol. The van der Waals surface area contributed by atoms with Crippen molar-refractivity contribution < 1.29 is 33.7 Å². The van der Waals surface area contributed by atoms with Gasteiger partial charge < -0.3 is 19.3 Å². The number of carboxylic acid groups (broad SMARTS) is 1. The van der Waals surface area contributed by atoms with Gasteiger partial charge in [-0.1, -0.05) is 104 Å². The maximum Gasteiger partial charge on any atom is 0.339 e. The molecule has 2 aliphatic carbocycles. The number of hydrogen-bond acceptors (Lipinski definition) is 6. The van der Waals surface area contributed by atoms with Crippen LogP contribution < -0.4 is 4.74 Å². The summed E-state index contributed by atoms with van der Waals surface area (Å²) < 4.78 is 18.9. The second-order valence-corrected chi connectivity index (χ2v) is 16.9. The number of aromatic carboxylic acids is 1. The Morgan fingerprint density at radius 1 is 0.717 bits per heavy atom. The van der Waals surface area contributed by atoms with Crippen molar-refractivity contribution in [2.75, 3.05) is 0 Å². The zero-order valence-electron chi connectivity index (χ0n) is 32.5. The Bertz CT molecular complexity index is 1940. The number of carbonyl (C=O) groups excluding carboxylic acids is 2. The average Bonchev–Trinajstić information content (AvgIpc) is 3.10. The topological polar surface area (TPSA) is 99.1 Å². The number of fused-ring (bicyclic) bond motifs is 2. The van der Waals surface area contributed by atoms with Gasteiger partial charge in [0.2, 0.25) is 0 Å². The molecule has 0 bridgehead atoms. The van der Waals surface area contributed by atoms with Crippen molar-refractivity contribution in [3.63, 3.8) is 0 Å². The van der Waals surface area contributed by atoms with E-state index in [-0.39, 0.29) is 40.7 Å². The van der Waals surface area contributed by atoms with Crippen LogP contribution in [0.15, 0.2) is 54.6 Å². The summed E-state index contributed by atoms with van der Waals surface area (Å²) in [6.45, 7) is 17.2. The van der Waals surface area contributed by atoms with E-state index in [1.165, 1.54) is 0 Å². The SMILES string of the molecule is CC(C)[C@H]1CC[C@H](C)C[C@@H]1OC(=O)c1ccc(C#Cc2cccc3c2Oc2c(C(=O)O)cccc2C3(C)C)cc1C(=O)O[C@H]1C[C@@H](C)CC[C@@H]1C(C)C. The summed E-state index contributed by atoms with van der Waals surface area (Å²) in [5.41, 5.74) is 2.66. The molecule has 1 aliphatic heterocycles. The van der Waals surface area contributed by atoms with Gasteiger partial charge >= 0.3 is 17.9 Å². The van der Waals surface area contributed by atoms with Crippen LogP contribution in [0.25, 0.3) is 0 Å². The van der Waals surface area contributed by atoms with E-state index in [0.717, 1.165) is 49.7 Å². The standard InChI is InChI=1S/C46H54O7/c1-26(2)32-20-15-28(5)23-39(32)51-44(49)34-22-18-30(25-36(34)45(50)52-40-24-29(6)16-21-33(40)27(3)4)17-19-31-11-9-13-37-41(31)53-42-35(43(47)48)12-10-14-38(42)46(37,7)8/h9-14,18,22,25-29,32-33,39-40H,15-16,20-21,23-24H2,1-8H3,(H,47,48)/t28-,29-,32+,33+,39-,40-/m0/s1. The second-order valence-electron chi connectivity index (χ2n) is 16.9. The minimum Gasteiger partial charge on any atom is -0.478 e. The molecule has 53 heavy (non-hydrogen) atoms. The van der Waals surface area contributed by atoms with Gasteiger partial charge in [0.05, 0.1) is 16.7 Å². The molecule has 0 amide bonds. The molecule has 7 nitrogen and oxygen atoms in total. The van der Waals surface area contributed by atoms with E-state index in [2.05, 4.69) is 53.4 Å². The van der Waals surface area contributed by atoms with Crippen LogP contribution in [0.5, 0.6) is 11.5 Å². The van der Waals surface area contributed by atoms with Gasteiger partial charge in [-0.05, 0) is 91.5 Å². The van der Waals surface area contributed by atoms with E-state index < -0.39 is 23.3 Å². The van der Waals surface area contributed by atoms with Crippen molar-refractivity contribution in [3.05, 3.63) is 93.5 Å². The molecule has 280 valence electrons. The van der Waals surface area contributed by atoms with Gasteiger partial charge in [0.1, 0.15) is 29.3 Å². The fourth-order valence-electron chi connectivity index (χ4n) is 8.80. The Hall–Kier alpha value is -4.57. The molecule has 3 aromatic rings. The molecule has 1 heterocycles. The fourth-order valence-corrected chi connectivity index (χ4v) is 8.80. The van der Waals surface area contributed by atoms with Gasteiger partial charge in [-0.3, -0.25) is 0 Å². The lowest BCUT2D eigenvalue weighted by Gasteiger charge is -2.37. The Balaban J connectivity index is 1.37. The van der Waals surface area contributed by atoms with E-state index in [1.807, 2.05) is 38.1 Å². The Labute approximate surface area is 314 Å². The lowest BCUT2D eigenvalue weighted by Crippen LogP contribution is -2.37. The summed E-state index contributed by atoms with van der Waals surface area (Å²) in [5.74, 6) is 7.23. The summed E-state index contributed by atoms with van der Waals surface area (Å²) >= 11 is 0. The highest BCUT2D eigenvalue weighted by atomic mass is 16.6. The van der Waals surface area contributed by atoms with Crippen LogP contribution in [0, 0.1) is 47.3 Å². The van der Waals surface area contributed by atoms with Crippen LogP contribution in [-0.2, 0) is 14.9 Å². The molecule has 6 atom stereocenters. The van der Waals surface area contributed by atoms with Crippen molar-refractivity contribution in [2.45, 2.75) is 112 Å². The molecule has 7 heteroatoms. The molecule has 0 unspecified atom stereocenters. The predicted molar refractivity (Wildman–Crippen MR) is 206 cm³/mol. The quantitative estimate of drug-likeness (QED) is 0.192. The molecule has 6 rings (SSSR count). The molecule has 1 N–H and O–H groups in total. The Kier molecular flexibility index (Phi) is 11.1. The minimum atomic E-state index is -1.07. The lowest BCUT2D eigenvalue weighted by molar-refractivity contribution is -0.0211. The van der Waals surface area contributed by atoms with E-state index >= 15 is 0 Å². The van der Waals surface area contributed by atoms with Crippen molar-refractivity contribution in [1.82, 2.24) is 0 Å². The summed E-state index contributed by atoms with van der Waals surface area (Å²) in [6, 6.07) is 15.9. The van der Waals surface area contributed by atoms with Crippen LogP contribution in [0.2, 0.25) is 0 Å². The zero-order chi connectivity index (χ0) is 38.2. The molecule has 2 fully saturated rings. The average molecular weight is 719 g/mol. The van der Waals surface area contributed by atoms with Crippen molar-refractivity contribution in [2.24, 2.45) is 35.5 Å². The number of esters is 2. The molecule has 0 aromatic heterocycles. The van der Waals surface area contributed by atoms with Crippen LogP contribution in [0.4, 0.5) is 0 Å². The lowest BCUT2D eigenvalue weighted by atomic mass is 9.74. The zero-order valence-corrected chi connectivity index (χ0v) is 32.5. The number of carboxylic acids is 1. The molecular weight excluding hydrogens is 664 g/mol. The third kappa shape index (κ3) is 7.88. The third-order valence-electron chi connectivity index (χ3n) is 12.1. The van der Waals surface area contributed by atoms with Gasteiger partial charge in [-0.25, -0.2) is 14.4 Å². The number of carbonyl (C=O) groups is 3. The predicted octanol–water partition coefficient (Wildman–Crippen LogP) is 10.5. The van der Waals surface area contributed by atoms with Crippen LogP contribution in [0.1, 0.15) is 147 Å². The number of para-hydroxylation sites is 2. The second kappa shape index (κ2) is 15.4. The first-order valence-corrected chi connectivity index (χ1v) is 19.4. The first-order valence-electron chi connectivity index (χ1n) is 19.4. The van der Waals surface area contributed by atoms with Gasteiger partial charge in [-0.2, -0.15) is 0 Å². The van der Waals surface area contributed by atoms with Crippen LogP contribution in [0.3, 0.4) is 0 Å². The summed E-state index contributed by atoms with van der Waals surface area (Å²) in [6.07, 6.45) is 5.32. The maximum atomic E-state index is 14.2. The first-order chi connectivity index (χ1) is 25.1. The summed E-state index contributed by atoms with van der Waals surface area (Å²) in [5, 5.41) is 9.93. The molecular formula is C46H54O7.